The van der Waals surface area contributed by atoms with Crippen molar-refractivity contribution in [2.45, 2.75) is 13.5 Å². The highest BCUT2D eigenvalue weighted by molar-refractivity contribution is 5.38. The van der Waals surface area contributed by atoms with Gasteiger partial charge in [-0.25, -0.2) is 0 Å². The molecular formula is C14H13NO4. The van der Waals surface area contributed by atoms with Crippen LogP contribution in [0.4, 0.5) is 5.69 Å². The second-order valence-electron chi connectivity index (χ2n) is 4.22. The molecular weight excluding hydrogens is 246 g/mol. The van der Waals surface area contributed by atoms with Gasteiger partial charge in [0.05, 0.1) is 4.92 Å². The lowest BCUT2D eigenvalue weighted by Crippen LogP contribution is -1.97. The first-order chi connectivity index (χ1) is 9.04. The summed E-state index contributed by atoms with van der Waals surface area (Å²) in [5.41, 5.74) is 1.62. The van der Waals surface area contributed by atoms with Crippen LogP contribution in [0, 0.1) is 17.0 Å². The van der Waals surface area contributed by atoms with Crippen molar-refractivity contribution in [3.8, 4) is 11.5 Å². The molecule has 0 unspecified atom stereocenters. The predicted octanol–water partition coefficient (Wildman–Crippen LogP) is 3.19. The second kappa shape index (κ2) is 5.39. The van der Waals surface area contributed by atoms with Crippen molar-refractivity contribution in [2.75, 3.05) is 0 Å². The summed E-state index contributed by atoms with van der Waals surface area (Å²) in [5.74, 6) is 0.665. The molecule has 0 aliphatic carbocycles. The number of nitro groups is 1. The molecule has 2 aromatic rings. The van der Waals surface area contributed by atoms with E-state index in [0.717, 1.165) is 5.56 Å². The van der Waals surface area contributed by atoms with Crippen molar-refractivity contribution < 1.29 is 14.8 Å². The smallest absolute Gasteiger partial charge is 0.269 e. The molecule has 5 heteroatoms. The maximum absolute atomic E-state index is 10.6. The summed E-state index contributed by atoms with van der Waals surface area (Å²) in [7, 11) is 0. The summed E-state index contributed by atoms with van der Waals surface area (Å²) in [6, 6.07) is 11.2. The predicted molar refractivity (Wildman–Crippen MR) is 70.3 cm³/mol. The average molecular weight is 259 g/mol. The third kappa shape index (κ3) is 3.45. The van der Waals surface area contributed by atoms with Crippen LogP contribution in [0.3, 0.4) is 0 Å². The van der Waals surface area contributed by atoms with Crippen molar-refractivity contribution >= 4 is 5.69 Å². The van der Waals surface area contributed by atoms with Crippen molar-refractivity contribution in [1.29, 1.82) is 0 Å². The van der Waals surface area contributed by atoms with Crippen LogP contribution in [0.2, 0.25) is 0 Å². The van der Waals surface area contributed by atoms with Crippen LogP contribution in [-0.2, 0) is 6.61 Å². The van der Waals surface area contributed by atoms with E-state index in [0.29, 0.717) is 11.3 Å². The summed E-state index contributed by atoms with van der Waals surface area (Å²) in [5, 5.41) is 20.1. The minimum Gasteiger partial charge on any atom is -0.508 e. The molecule has 0 heterocycles. The van der Waals surface area contributed by atoms with Gasteiger partial charge in [0.15, 0.2) is 0 Å². The Bertz CT molecular complexity index is 590. The van der Waals surface area contributed by atoms with Crippen LogP contribution in [-0.4, -0.2) is 10.0 Å². The Balaban J connectivity index is 2.10. The number of phenols is 1. The van der Waals surface area contributed by atoms with Gasteiger partial charge in [0, 0.05) is 18.2 Å². The molecule has 0 saturated heterocycles. The minimum atomic E-state index is -0.442. The number of rotatable bonds is 4. The number of benzene rings is 2. The highest BCUT2D eigenvalue weighted by Gasteiger charge is 2.06. The number of phenolic OH excluding ortho intramolecular Hbond substituents is 1. The Morgan fingerprint density at radius 3 is 2.74 bits per heavy atom. The molecule has 98 valence electrons. The number of nitrogens with zero attached hydrogens (tertiary/aromatic N) is 1. The highest BCUT2D eigenvalue weighted by atomic mass is 16.6. The van der Waals surface area contributed by atoms with Gasteiger partial charge in [0.1, 0.15) is 18.1 Å². The summed E-state index contributed by atoms with van der Waals surface area (Å²) in [4.78, 5) is 10.2. The van der Waals surface area contributed by atoms with Gasteiger partial charge in [-0.2, -0.15) is 0 Å². The monoisotopic (exact) mass is 259 g/mol. The van der Waals surface area contributed by atoms with Gasteiger partial charge < -0.3 is 9.84 Å². The normalized spacial score (nSPS) is 10.2. The van der Waals surface area contributed by atoms with Crippen molar-refractivity contribution in [3.05, 3.63) is 63.7 Å². The third-order valence-corrected chi connectivity index (χ3v) is 2.56. The quantitative estimate of drug-likeness (QED) is 0.676. The molecule has 0 bridgehead atoms. The minimum absolute atomic E-state index is 0.0354. The van der Waals surface area contributed by atoms with Crippen molar-refractivity contribution in [2.24, 2.45) is 0 Å². The molecule has 0 saturated carbocycles. The first-order valence-corrected chi connectivity index (χ1v) is 5.71. The van der Waals surface area contributed by atoms with Gasteiger partial charge >= 0.3 is 0 Å². The molecule has 0 aromatic heterocycles. The number of hydrogen-bond donors (Lipinski definition) is 1. The average Bonchev–Trinajstić information content (AvgIpc) is 2.35. The van der Waals surface area contributed by atoms with E-state index in [2.05, 4.69) is 0 Å². The number of ether oxygens (including phenoxy) is 1. The van der Waals surface area contributed by atoms with Crippen molar-refractivity contribution in [3.63, 3.8) is 0 Å². The van der Waals surface area contributed by atoms with E-state index in [1.54, 1.807) is 24.3 Å². The Morgan fingerprint density at radius 1 is 1.26 bits per heavy atom. The van der Waals surface area contributed by atoms with Crippen LogP contribution in [0.15, 0.2) is 42.5 Å². The molecule has 2 rings (SSSR count). The Hall–Kier alpha value is -2.56. The topological polar surface area (TPSA) is 72.6 Å². The molecule has 0 radical (unpaired) electrons. The van der Waals surface area contributed by atoms with Crippen LogP contribution in [0.1, 0.15) is 11.1 Å². The first-order valence-electron chi connectivity index (χ1n) is 5.71. The zero-order chi connectivity index (χ0) is 13.8. The summed E-state index contributed by atoms with van der Waals surface area (Å²) >= 11 is 0. The van der Waals surface area contributed by atoms with Crippen LogP contribution in [0.5, 0.6) is 11.5 Å². The van der Waals surface area contributed by atoms with E-state index in [4.69, 9.17) is 4.74 Å². The fourth-order valence-electron chi connectivity index (χ4n) is 1.74. The lowest BCUT2D eigenvalue weighted by Gasteiger charge is -2.07. The summed E-state index contributed by atoms with van der Waals surface area (Å²) < 4.78 is 5.51. The van der Waals surface area contributed by atoms with Gasteiger partial charge in [-0.05, 0) is 30.2 Å². The van der Waals surface area contributed by atoms with E-state index in [1.165, 1.54) is 18.2 Å². The zero-order valence-electron chi connectivity index (χ0n) is 10.4. The largest absolute Gasteiger partial charge is 0.508 e. The maximum atomic E-state index is 10.6. The van der Waals surface area contributed by atoms with E-state index < -0.39 is 4.92 Å². The van der Waals surface area contributed by atoms with Crippen LogP contribution >= 0.6 is 0 Å². The molecule has 0 fully saturated rings. The standard InChI is InChI=1S/C14H13NO4/c1-10-5-13(16)8-14(6-10)19-9-11-3-2-4-12(7-11)15(17)18/h2-8,16H,9H2,1H3. The number of nitro benzene ring substituents is 1. The molecule has 0 spiro atoms. The van der Waals surface area contributed by atoms with Crippen molar-refractivity contribution in [1.82, 2.24) is 0 Å². The SMILES string of the molecule is Cc1cc(O)cc(OCc2cccc([N+](=O)[O-])c2)c1. The van der Waals surface area contributed by atoms with Gasteiger partial charge in [-0.1, -0.05) is 12.1 Å². The van der Waals surface area contributed by atoms with Crippen LogP contribution < -0.4 is 4.74 Å². The van der Waals surface area contributed by atoms with Gasteiger partial charge in [0.25, 0.3) is 5.69 Å². The molecule has 0 aliphatic heterocycles. The molecule has 5 nitrogen and oxygen atoms in total. The van der Waals surface area contributed by atoms with E-state index in [9.17, 15) is 15.2 Å². The Morgan fingerprint density at radius 2 is 2.05 bits per heavy atom. The highest BCUT2D eigenvalue weighted by Crippen LogP contribution is 2.22. The number of hydrogen-bond acceptors (Lipinski definition) is 4. The fourth-order valence-corrected chi connectivity index (χ4v) is 1.74. The lowest BCUT2D eigenvalue weighted by molar-refractivity contribution is -0.384. The zero-order valence-corrected chi connectivity index (χ0v) is 10.4. The summed E-state index contributed by atoms with van der Waals surface area (Å²) in [6.45, 7) is 2.06. The molecule has 0 aliphatic rings. The maximum Gasteiger partial charge on any atom is 0.269 e. The molecule has 1 N–H and O–H groups in total. The summed E-state index contributed by atoms with van der Waals surface area (Å²) in [6.07, 6.45) is 0. The van der Waals surface area contributed by atoms with E-state index >= 15 is 0 Å². The first kappa shape index (κ1) is 12.9. The fraction of sp³-hybridized carbons (Fsp3) is 0.143. The number of non-ortho nitro benzene ring substituents is 1. The van der Waals surface area contributed by atoms with Crippen LogP contribution in [0.25, 0.3) is 0 Å². The Labute approximate surface area is 110 Å². The molecule has 0 amide bonds. The number of aryl methyl sites for hydroxylation is 1. The molecule has 19 heavy (non-hydrogen) atoms. The van der Waals surface area contributed by atoms with Gasteiger partial charge in [-0.15, -0.1) is 0 Å². The molecule has 0 atom stereocenters. The van der Waals surface area contributed by atoms with Gasteiger partial charge in [-0.3, -0.25) is 10.1 Å². The van der Waals surface area contributed by atoms with E-state index in [1.807, 2.05) is 6.92 Å². The van der Waals surface area contributed by atoms with E-state index in [-0.39, 0.29) is 18.0 Å². The number of aromatic hydroxyl groups is 1. The van der Waals surface area contributed by atoms with Gasteiger partial charge in [0.2, 0.25) is 0 Å². The second-order valence-corrected chi connectivity index (χ2v) is 4.22. The molecule has 2 aromatic carbocycles. The lowest BCUT2D eigenvalue weighted by atomic mass is 10.2. The Kier molecular flexibility index (Phi) is 3.66. The third-order valence-electron chi connectivity index (χ3n) is 2.56.